The number of nitrogens with one attached hydrogen (secondary N) is 1. The van der Waals surface area contributed by atoms with E-state index in [2.05, 4.69) is 5.32 Å². The van der Waals surface area contributed by atoms with E-state index in [0.717, 1.165) is 0 Å². The number of alkyl halides is 3. The van der Waals surface area contributed by atoms with Crippen molar-refractivity contribution >= 4 is 40.3 Å². The molecule has 2 aromatic rings. The number of nitrogens with zero attached hydrogens (tertiary/aromatic N) is 1. The normalized spacial score (nSPS) is 11.4. The smallest absolute Gasteiger partial charge is 0.348 e. The van der Waals surface area contributed by atoms with Crippen LogP contribution in [0.5, 0.6) is 0 Å². The third-order valence-electron chi connectivity index (χ3n) is 3.04. The molecule has 0 heterocycles. The molecule has 2 rings (SSSR count). The van der Waals surface area contributed by atoms with E-state index in [-0.39, 0.29) is 5.69 Å². The van der Waals surface area contributed by atoms with Crippen LogP contribution in [0.4, 0.5) is 30.2 Å². The van der Waals surface area contributed by atoms with Crippen LogP contribution >= 0.6 is 23.2 Å². The molecule has 23 heavy (non-hydrogen) atoms. The maximum Gasteiger partial charge on any atom is 0.416 e. The van der Waals surface area contributed by atoms with E-state index in [1.54, 1.807) is 25.1 Å². The number of anilines is 2. The Morgan fingerprint density at radius 2 is 1.83 bits per heavy atom. The maximum atomic E-state index is 12.8. The molecule has 0 spiro atoms. The summed E-state index contributed by atoms with van der Waals surface area (Å²) in [5, 5.41) is 13.9. The summed E-state index contributed by atoms with van der Waals surface area (Å²) >= 11 is 11.6. The highest BCUT2D eigenvalue weighted by atomic mass is 35.5. The van der Waals surface area contributed by atoms with Crippen molar-refractivity contribution in [2.75, 3.05) is 5.32 Å². The van der Waals surface area contributed by atoms with Gasteiger partial charge in [-0.2, -0.15) is 13.2 Å². The van der Waals surface area contributed by atoms with Gasteiger partial charge in [0, 0.05) is 16.8 Å². The molecule has 0 radical (unpaired) electrons. The minimum absolute atomic E-state index is 0.213. The van der Waals surface area contributed by atoms with Gasteiger partial charge >= 0.3 is 6.18 Å². The van der Waals surface area contributed by atoms with Gasteiger partial charge in [-0.05, 0) is 36.8 Å². The number of halogens is 5. The molecule has 0 aliphatic heterocycles. The van der Waals surface area contributed by atoms with Crippen molar-refractivity contribution in [1.29, 1.82) is 0 Å². The topological polar surface area (TPSA) is 55.2 Å². The van der Waals surface area contributed by atoms with Gasteiger partial charge < -0.3 is 5.32 Å². The van der Waals surface area contributed by atoms with E-state index < -0.39 is 27.4 Å². The molecule has 0 aromatic heterocycles. The molecule has 2 aromatic carbocycles. The second-order valence-electron chi connectivity index (χ2n) is 4.69. The van der Waals surface area contributed by atoms with Crippen molar-refractivity contribution in [3.8, 4) is 0 Å². The zero-order valence-corrected chi connectivity index (χ0v) is 13.1. The van der Waals surface area contributed by atoms with Gasteiger partial charge in [0.05, 0.1) is 15.5 Å². The molecule has 4 nitrogen and oxygen atoms in total. The van der Waals surface area contributed by atoms with Crippen LogP contribution in [0, 0.1) is 17.0 Å². The van der Waals surface area contributed by atoms with Crippen molar-refractivity contribution in [3.63, 3.8) is 0 Å². The summed E-state index contributed by atoms with van der Waals surface area (Å²) in [6, 6.07) is 5.78. The van der Waals surface area contributed by atoms with Gasteiger partial charge in [-0.3, -0.25) is 10.1 Å². The highest BCUT2D eigenvalue weighted by Crippen LogP contribution is 2.41. The molecule has 0 unspecified atom stereocenters. The van der Waals surface area contributed by atoms with E-state index in [9.17, 15) is 23.3 Å². The second-order valence-corrected chi connectivity index (χ2v) is 5.53. The number of nitro groups is 1. The Morgan fingerprint density at radius 3 is 2.35 bits per heavy atom. The van der Waals surface area contributed by atoms with Crippen LogP contribution in [0.15, 0.2) is 30.3 Å². The summed E-state index contributed by atoms with van der Waals surface area (Å²) in [5.41, 5.74) is -1.07. The van der Waals surface area contributed by atoms with Gasteiger partial charge in [-0.1, -0.05) is 23.2 Å². The third kappa shape index (κ3) is 3.86. The summed E-state index contributed by atoms with van der Waals surface area (Å²) in [6.07, 6.45) is -4.73. The molecular formula is C14H9Cl2F3N2O2. The van der Waals surface area contributed by atoms with Gasteiger partial charge in [0.1, 0.15) is 5.69 Å². The number of aryl methyl sites for hydroxylation is 1. The highest BCUT2D eigenvalue weighted by Gasteiger charge is 2.34. The molecule has 0 saturated heterocycles. The Bertz CT molecular complexity index is 779. The number of nitro benzene ring substituents is 1. The molecule has 0 fully saturated rings. The van der Waals surface area contributed by atoms with Crippen molar-refractivity contribution in [2.45, 2.75) is 13.1 Å². The molecule has 0 aliphatic carbocycles. The molecular weight excluding hydrogens is 356 g/mol. The van der Waals surface area contributed by atoms with E-state index in [0.29, 0.717) is 28.4 Å². The fourth-order valence-electron chi connectivity index (χ4n) is 1.93. The minimum atomic E-state index is -4.73. The van der Waals surface area contributed by atoms with Crippen molar-refractivity contribution in [2.24, 2.45) is 0 Å². The number of hydrogen-bond acceptors (Lipinski definition) is 3. The first-order chi connectivity index (χ1) is 10.6. The van der Waals surface area contributed by atoms with E-state index in [1.807, 2.05) is 0 Å². The van der Waals surface area contributed by atoms with Crippen molar-refractivity contribution in [3.05, 3.63) is 61.6 Å². The number of benzene rings is 2. The predicted molar refractivity (Wildman–Crippen MR) is 82.6 cm³/mol. The molecule has 0 atom stereocenters. The molecule has 0 aliphatic rings. The first-order valence-electron chi connectivity index (χ1n) is 6.18. The minimum Gasteiger partial charge on any atom is -0.348 e. The Labute approximate surface area is 139 Å². The molecule has 0 saturated carbocycles. The SMILES string of the molecule is Cc1cc(Cl)ccc1Nc1c(Cl)cc(C(F)(F)F)cc1[N+](=O)[O-]. The Kier molecular flexibility index (Phi) is 4.72. The monoisotopic (exact) mass is 364 g/mol. The second kappa shape index (κ2) is 6.25. The fraction of sp³-hybridized carbons (Fsp3) is 0.143. The molecule has 0 amide bonds. The number of rotatable bonds is 3. The fourth-order valence-corrected chi connectivity index (χ4v) is 2.41. The third-order valence-corrected chi connectivity index (χ3v) is 3.57. The Balaban J connectivity index is 2.55. The highest BCUT2D eigenvalue weighted by molar-refractivity contribution is 6.34. The van der Waals surface area contributed by atoms with Gasteiger partial charge in [0.25, 0.3) is 5.69 Å². The molecule has 9 heteroatoms. The number of hydrogen-bond donors (Lipinski definition) is 1. The predicted octanol–water partition coefficient (Wildman–Crippen LogP) is 5.97. The summed E-state index contributed by atoms with van der Waals surface area (Å²) in [7, 11) is 0. The quantitative estimate of drug-likeness (QED) is 0.538. The van der Waals surface area contributed by atoms with Gasteiger partial charge in [-0.15, -0.1) is 0 Å². The van der Waals surface area contributed by atoms with Gasteiger partial charge in [0.15, 0.2) is 0 Å². The van der Waals surface area contributed by atoms with Crippen molar-refractivity contribution in [1.82, 2.24) is 0 Å². The lowest BCUT2D eigenvalue weighted by Crippen LogP contribution is -2.07. The van der Waals surface area contributed by atoms with Crippen LogP contribution < -0.4 is 5.32 Å². The van der Waals surface area contributed by atoms with Gasteiger partial charge in [-0.25, -0.2) is 0 Å². The van der Waals surface area contributed by atoms with Crippen LogP contribution in [-0.4, -0.2) is 4.92 Å². The lowest BCUT2D eigenvalue weighted by molar-refractivity contribution is -0.384. The van der Waals surface area contributed by atoms with E-state index in [1.165, 1.54) is 0 Å². The Morgan fingerprint density at radius 1 is 1.17 bits per heavy atom. The average Bonchev–Trinajstić information content (AvgIpc) is 2.41. The van der Waals surface area contributed by atoms with Crippen LogP contribution in [0.25, 0.3) is 0 Å². The van der Waals surface area contributed by atoms with Crippen LogP contribution in [-0.2, 0) is 6.18 Å². The first kappa shape index (κ1) is 17.4. The first-order valence-corrected chi connectivity index (χ1v) is 6.93. The summed E-state index contributed by atoms with van der Waals surface area (Å²) in [5.74, 6) is 0. The van der Waals surface area contributed by atoms with E-state index >= 15 is 0 Å². The summed E-state index contributed by atoms with van der Waals surface area (Å²) in [6.45, 7) is 1.69. The summed E-state index contributed by atoms with van der Waals surface area (Å²) < 4.78 is 38.3. The maximum absolute atomic E-state index is 12.8. The zero-order chi connectivity index (χ0) is 17.4. The molecule has 1 N–H and O–H groups in total. The Hall–Kier alpha value is -1.99. The van der Waals surface area contributed by atoms with Gasteiger partial charge in [0.2, 0.25) is 0 Å². The molecule has 122 valence electrons. The van der Waals surface area contributed by atoms with Crippen molar-refractivity contribution < 1.29 is 18.1 Å². The molecule has 0 bridgehead atoms. The summed E-state index contributed by atoms with van der Waals surface area (Å²) in [4.78, 5) is 10.2. The average molecular weight is 365 g/mol. The van der Waals surface area contributed by atoms with Crippen LogP contribution in [0.2, 0.25) is 10.0 Å². The van der Waals surface area contributed by atoms with E-state index in [4.69, 9.17) is 23.2 Å². The van der Waals surface area contributed by atoms with Crippen LogP contribution in [0.3, 0.4) is 0 Å². The standard InChI is InChI=1S/C14H9Cl2F3N2O2/c1-7-4-9(15)2-3-11(7)20-13-10(16)5-8(14(17,18)19)6-12(13)21(22)23/h2-6,20H,1H3. The lowest BCUT2D eigenvalue weighted by Gasteiger charge is -2.14. The van der Waals surface area contributed by atoms with Crippen LogP contribution in [0.1, 0.15) is 11.1 Å². The zero-order valence-electron chi connectivity index (χ0n) is 11.5. The largest absolute Gasteiger partial charge is 0.416 e. The lowest BCUT2D eigenvalue weighted by atomic mass is 10.1.